The highest BCUT2D eigenvalue weighted by atomic mass is 35.5. The van der Waals surface area contributed by atoms with Crippen LogP contribution in [0.3, 0.4) is 0 Å². The molecule has 0 aromatic heterocycles. The van der Waals surface area contributed by atoms with Gasteiger partial charge in [0.05, 0.1) is 11.6 Å². The molecule has 0 radical (unpaired) electrons. The Labute approximate surface area is 89.1 Å². The van der Waals surface area contributed by atoms with Gasteiger partial charge in [0.15, 0.2) is 0 Å². The highest BCUT2D eigenvalue weighted by molar-refractivity contribution is 6.32. The molecule has 0 saturated carbocycles. The lowest BCUT2D eigenvalue weighted by molar-refractivity contribution is 0.218. The summed E-state index contributed by atoms with van der Waals surface area (Å²) in [6, 6.07) is 3.33. The summed E-state index contributed by atoms with van der Waals surface area (Å²) >= 11 is 5.82. The second kappa shape index (κ2) is 3.79. The van der Waals surface area contributed by atoms with Crippen LogP contribution in [-0.2, 0) is 5.41 Å². The van der Waals surface area contributed by atoms with Gasteiger partial charge in [-0.05, 0) is 30.2 Å². The Balaban J connectivity index is 3.29. The van der Waals surface area contributed by atoms with E-state index in [1.54, 1.807) is 12.1 Å². The van der Waals surface area contributed by atoms with Crippen LogP contribution in [0.1, 0.15) is 25.0 Å². The second-order valence-electron chi connectivity index (χ2n) is 4.16. The molecule has 2 nitrogen and oxygen atoms in total. The number of benzene rings is 1. The number of aryl methyl sites for hydroxylation is 1. The van der Waals surface area contributed by atoms with Crippen LogP contribution in [0.15, 0.2) is 12.1 Å². The Morgan fingerprint density at radius 2 is 1.93 bits per heavy atom. The lowest BCUT2D eigenvalue weighted by Crippen LogP contribution is -2.23. The van der Waals surface area contributed by atoms with Crippen molar-refractivity contribution in [2.24, 2.45) is 0 Å². The third-order valence-corrected chi connectivity index (χ3v) is 2.72. The first kappa shape index (κ1) is 11.3. The molecule has 0 unspecified atom stereocenters. The Bertz CT molecular complexity index is 345. The molecule has 0 aliphatic carbocycles. The van der Waals surface area contributed by atoms with Gasteiger partial charge < -0.3 is 10.2 Å². The van der Waals surface area contributed by atoms with Gasteiger partial charge in [-0.25, -0.2) is 0 Å². The van der Waals surface area contributed by atoms with Crippen molar-refractivity contribution in [3.8, 4) is 5.75 Å². The third kappa shape index (κ3) is 2.02. The van der Waals surface area contributed by atoms with Gasteiger partial charge >= 0.3 is 0 Å². The highest BCUT2D eigenvalue weighted by Crippen LogP contribution is 2.33. The van der Waals surface area contributed by atoms with Crippen LogP contribution < -0.4 is 0 Å². The molecule has 78 valence electrons. The van der Waals surface area contributed by atoms with Crippen molar-refractivity contribution in [3.63, 3.8) is 0 Å². The minimum atomic E-state index is -0.332. The molecule has 2 N–H and O–H groups in total. The average molecular weight is 215 g/mol. The summed E-state index contributed by atoms with van der Waals surface area (Å²) in [5, 5.41) is 18.9. The molecule has 0 saturated heterocycles. The zero-order valence-corrected chi connectivity index (χ0v) is 9.39. The van der Waals surface area contributed by atoms with Crippen molar-refractivity contribution in [1.29, 1.82) is 0 Å². The molecule has 1 aromatic carbocycles. The van der Waals surface area contributed by atoms with Gasteiger partial charge in [-0.1, -0.05) is 25.4 Å². The van der Waals surface area contributed by atoms with Crippen LogP contribution in [0.2, 0.25) is 5.02 Å². The molecular weight excluding hydrogens is 200 g/mol. The number of aliphatic hydroxyl groups excluding tert-OH is 1. The summed E-state index contributed by atoms with van der Waals surface area (Å²) in [4.78, 5) is 0. The van der Waals surface area contributed by atoms with Gasteiger partial charge in [0.2, 0.25) is 0 Å². The van der Waals surface area contributed by atoms with Gasteiger partial charge in [0.25, 0.3) is 0 Å². The van der Waals surface area contributed by atoms with E-state index in [0.717, 1.165) is 11.1 Å². The second-order valence-corrected chi connectivity index (χ2v) is 4.57. The molecule has 0 atom stereocenters. The topological polar surface area (TPSA) is 40.5 Å². The maximum Gasteiger partial charge on any atom is 0.134 e. The predicted octanol–water partition coefficient (Wildman–Crippen LogP) is 2.62. The summed E-state index contributed by atoms with van der Waals surface area (Å²) in [6.07, 6.45) is 0. The van der Waals surface area contributed by atoms with E-state index in [-0.39, 0.29) is 17.8 Å². The minimum absolute atomic E-state index is 0.0505. The first-order valence-electron chi connectivity index (χ1n) is 4.49. The monoisotopic (exact) mass is 214 g/mol. The summed E-state index contributed by atoms with van der Waals surface area (Å²) in [5.41, 5.74) is 1.57. The van der Waals surface area contributed by atoms with E-state index >= 15 is 0 Å². The molecule has 0 aliphatic rings. The SMILES string of the molecule is Cc1cc(O)c(Cl)cc1C(C)(C)CO. The number of rotatable bonds is 2. The fourth-order valence-corrected chi connectivity index (χ4v) is 1.64. The first-order valence-corrected chi connectivity index (χ1v) is 4.87. The molecule has 0 heterocycles. The smallest absolute Gasteiger partial charge is 0.134 e. The quantitative estimate of drug-likeness (QED) is 0.795. The fourth-order valence-electron chi connectivity index (χ4n) is 1.48. The summed E-state index contributed by atoms with van der Waals surface area (Å²) in [7, 11) is 0. The third-order valence-electron chi connectivity index (χ3n) is 2.42. The van der Waals surface area contributed by atoms with Crippen molar-refractivity contribution in [2.45, 2.75) is 26.2 Å². The maximum atomic E-state index is 9.37. The zero-order chi connectivity index (χ0) is 10.9. The average Bonchev–Trinajstić information content (AvgIpc) is 2.11. The number of phenols is 1. The number of aromatic hydroxyl groups is 1. The Morgan fingerprint density at radius 3 is 2.43 bits per heavy atom. The Morgan fingerprint density at radius 1 is 1.36 bits per heavy atom. The van der Waals surface area contributed by atoms with Crippen LogP contribution >= 0.6 is 11.6 Å². The molecular formula is C11H15ClO2. The zero-order valence-electron chi connectivity index (χ0n) is 8.63. The molecule has 0 spiro atoms. The van der Waals surface area contributed by atoms with Gasteiger partial charge in [-0.2, -0.15) is 0 Å². The van der Waals surface area contributed by atoms with Crippen LogP contribution in [0.4, 0.5) is 0 Å². The number of halogens is 1. The van der Waals surface area contributed by atoms with Crippen LogP contribution in [0, 0.1) is 6.92 Å². The van der Waals surface area contributed by atoms with Gasteiger partial charge in [0.1, 0.15) is 5.75 Å². The van der Waals surface area contributed by atoms with E-state index < -0.39 is 0 Å². The van der Waals surface area contributed by atoms with E-state index in [9.17, 15) is 10.2 Å². The standard InChI is InChI=1S/C11H15ClO2/c1-7-4-10(14)9(12)5-8(7)11(2,3)6-13/h4-5,13-14H,6H2,1-3H3. The number of aliphatic hydroxyl groups is 1. The van der Waals surface area contributed by atoms with Crippen molar-refractivity contribution in [1.82, 2.24) is 0 Å². The molecule has 1 aromatic rings. The van der Waals surface area contributed by atoms with Crippen LogP contribution in [0.25, 0.3) is 0 Å². The number of hydrogen-bond donors (Lipinski definition) is 2. The van der Waals surface area contributed by atoms with Crippen LogP contribution in [0.5, 0.6) is 5.75 Å². The van der Waals surface area contributed by atoms with Gasteiger partial charge in [-0.15, -0.1) is 0 Å². The molecule has 0 aliphatic heterocycles. The summed E-state index contributed by atoms with van der Waals surface area (Å²) in [6.45, 7) is 5.81. The molecule has 3 heteroatoms. The lowest BCUT2D eigenvalue weighted by atomic mass is 9.83. The van der Waals surface area contributed by atoms with Crippen LogP contribution in [-0.4, -0.2) is 16.8 Å². The van der Waals surface area contributed by atoms with E-state index in [0.29, 0.717) is 5.02 Å². The minimum Gasteiger partial charge on any atom is -0.506 e. The van der Waals surface area contributed by atoms with E-state index in [1.165, 1.54) is 0 Å². The normalized spacial score (nSPS) is 11.8. The molecule has 0 amide bonds. The summed E-state index contributed by atoms with van der Waals surface area (Å²) in [5.74, 6) is 0.0849. The number of hydrogen-bond acceptors (Lipinski definition) is 2. The fraction of sp³-hybridized carbons (Fsp3) is 0.455. The van der Waals surface area contributed by atoms with E-state index in [2.05, 4.69) is 0 Å². The lowest BCUT2D eigenvalue weighted by Gasteiger charge is -2.24. The Hall–Kier alpha value is -0.730. The maximum absolute atomic E-state index is 9.37. The highest BCUT2D eigenvalue weighted by Gasteiger charge is 2.22. The largest absolute Gasteiger partial charge is 0.506 e. The molecule has 0 bridgehead atoms. The predicted molar refractivity (Wildman–Crippen MR) is 58.0 cm³/mol. The van der Waals surface area contributed by atoms with E-state index in [1.807, 2.05) is 20.8 Å². The number of phenolic OH excluding ortho intramolecular Hbond substituents is 1. The van der Waals surface area contributed by atoms with E-state index in [4.69, 9.17) is 11.6 Å². The summed E-state index contributed by atoms with van der Waals surface area (Å²) < 4.78 is 0. The molecule has 14 heavy (non-hydrogen) atoms. The van der Waals surface area contributed by atoms with Gasteiger partial charge in [0, 0.05) is 5.41 Å². The van der Waals surface area contributed by atoms with Crippen molar-refractivity contribution < 1.29 is 10.2 Å². The first-order chi connectivity index (χ1) is 6.38. The molecule has 1 rings (SSSR count). The Kier molecular flexibility index (Phi) is 3.07. The molecule has 0 fully saturated rings. The van der Waals surface area contributed by atoms with Crippen molar-refractivity contribution >= 4 is 11.6 Å². The van der Waals surface area contributed by atoms with Crippen molar-refractivity contribution in [2.75, 3.05) is 6.61 Å². The van der Waals surface area contributed by atoms with Crippen molar-refractivity contribution in [3.05, 3.63) is 28.3 Å². The van der Waals surface area contributed by atoms with Gasteiger partial charge in [-0.3, -0.25) is 0 Å².